The summed E-state index contributed by atoms with van der Waals surface area (Å²) in [6.07, 6.45) is 1.04. The zero-order valence-corrected chi connectivity index (χ0v) is 6.70. The van der Waals surface area contributed by atoms with Crippen LogP contribution in [0.2, 0.25) is 0 Å². The lowest BCUT2D eigenvalue weighted by molar-refractivity contribution is 0.274. The largest absolute Gasteiger partial charge is 0.396 e. The molecule has 1 saturated carbocycles. The van der Waals surface area contributed by atoms with E-state index >= 15 is 0 Å². The van der Waals surface area contributed by atoms with E-state index in [2.05, 4.69) is 0 Å². The maximum Gasteiger partial charge on any atom is 0.123 e. The average molecular weight is 166 g/mol. The van der Waals surface area contributed by atoms with Gasteiger partial charge >= 0.3 is 0 Å². The van der Waals surface area contributed by atoms with Gasteiger partial charge in [0.05, 0.1) is 0 Å². The monoisotopic (exact) mass is 166 g/mol. The zero-order valence-electron chi connectivity index (χ0n) is 6.70. The van der Waals surface area contributed by atoms with E-state index in [1.54, 1.807) is 12.1 Å². The van der Waals surface area contributed by atoms with Crippen molar-refractivity contribution in [3.8, 4) is 0 Å². The number of halogens is 1. The molecule has 2 rings (SSSR count). The van der Waals surface area contributed by atoms with Gasteiger partial charge in [0.15, 0.2) is 0 Å². The number of benzene rings is 1. The molecule has 0 aromatic heterocycles. The van der Waals surface area contributed by atoms with E-state index in [4.69, 9.17) is 5.11 Å². The molecular formula is C10H11FO. The van der Waals surface area contributed by atoms with Crippen molar-refractivity contribution in [2.24, 2.45) is 5.92 Å². The van der Waals surface area contributed by atoms with Gasteiger partial charge in [-0.3, -0.25) is 0 Å². The van der Waals surface area contributed by atoms with Gasteiger partial charge in [0.2, 0.25) is 0 Å². The SMILES string of the molecule is OC[C@@H]1C[C@@H]1c1ccc(F)cc1. The van der Waals surface area contributed by atoms with E-state index in [1.165, 1.54) is 12.1 Å². The van der Waals surface area contributed by atoms with Gasteiger partial charge in [0.25, 0.3) is 0 Å². The Hall–Kier alpha value is -0.890. The van der Waals surface area contributed by atoms with Gasteiger partial charge in [0.1, 0.15) is 5.82 Å². The molecule has 12 heavy (non-hydrogen) atoms. The summed E-state index contributed by atoms with van der Waals surface area (Å²) in [5.41, 5.74) is 1.15. The molecule has 0 aliphatic heterocycles. The van der Waals surface area contributed by atoms with Crippen LogP contribution in [0.15, 0.2) is 24.3 Å². The smallest absolute Gasteiger partial charge is 0.123 e. The molecule has 64 valence electrons. The molecule has 0 bridgehead atoms. The fourth-order valence-electron chi connectivity index (χ4n) is 1.57. The van der Waals surface area contributed by atoms with E-state index in [0.29, 0.717) is 11.8 Å². The van der Waals surface area contributed by atoms with Crippen LogP contribution in [0, 0.1) is 11.7 Å². The minimum Gasteiger partial charge on any atom is -0.396 e. The van der Waals surface area contributed by atoms with Crippen molar-refractivity contribution in [1.29, 1.82) is 0 Å². The molecule has 2 atom stereocenters. The standard InChI is InChI=1S/C10H11FO/c11-9-3-1-7(2-4-9)10-5-8(10)6-12/h1-4,8,10,12H,5-6H2/t8-,10+/m0/s1. The Morgan fingerprint density at radius 1 is 1.33 bits per heavy atom. The third-order valence-electron chi connectivity index (χ3n) is 2.46. The molecule has 1 aliphatic carbocycles. The molecule has 1 aliphatic rings. The van der Waals surface area contributed by atoms with Gasteiger partial charge in [0, 0.05) is 6.61 Å². The van der Waals surface area contributed by atoms with Crippen LogP contribution in [0.3, 0.4) is 0 Å². The molecule has 1 aromatic carbocycles. The van der Waals surface area contributed by atoms with E-state index in [9.17, 15) is 4.39 Å². The fourth-order valence-corrected chi connectivity index (χ4v) is 1.57. The summed E-state index contributed by atoms with van der Waals surface area (Å²) in [7, 11) is 0. The van der Waals surface area contributed by atoms with Crippen molar-refractivity contribution >= 4 is 0 Å². The lowest BCUT2D eigenvalue weighted by Crippen LogP contribution is -1.88. The van der Waals surface area contributed by atoms with Gasteiger partial charge in [-0.2, -0.15) is 0 Å². The first-order valence-corrected chi connectivity index (χ1v) is 4.17. The second kappa shape index (κ2) is 2.87. The lowest BCUT2D eigenvalue weighted by atomic mass is 10.1. The van der Waals surface area contributed by atoms with Crippen molar-refractivity contribution in [1.82, 2.24) is 0 Å². The Bertz CT molecular complexity index is 268. The molecule has 0 amide bonds. The van der Waals surface area contributed by atoms with Crippen LogP contribution >= 0.6 is 0 Å². The second-order valence-corrected chi connectivity index (χ2v) is 3.34. The summed E-state index contributed by atoms with van der Waals surface area (Å²) in [6.45, 7) is 0.252. The van der Waals surface area contributed by atoms with Gasteiger partial charge < -0.3 is 5.11 Å². The topological polar surface area (TPSA) is 20.2 Å². The summed E-state index contributed by atoms with van der Waals surface area (Å²) in [4.78, 5) is 0. The maximum absolute atomic E-state index is 12.5. The van der Waals surface area contributed by atoms with Crippen molar-refractivity contribution in [3.63, 3.8) is 0 Å². The van der Waals surface area contributed by atoms with Crippen molar-refractivity contribution < 1.29 is 9.50 Å². The molecule has 0 spiro atoms. The Labute approximate surface area is 70.8 Å². The van der Waals surface area contributed by atoms with Crippen LogP contribution < -0.4 is 0 Å². The van der Waals surface area contributed by atoms with Crippen LogP contribution in [0.5, 0.6) is 0 Å². The maximum atomic E-state index is 12.5. The molecule has 0 radical (unpaired) electrons. The van der Waals surface area contributed by atoms with E-state index in [-0.39, 0.29) is 12.4 Å². The van der Waals surface area contributed by atoms with Crippen LogP contribution in [-0.4, -0.2) is 11.7 Å². The lowest BCUT2D eigenvalue weighted by Gasteiger charge is -1.97. The summed E-state index contributed by atoms with van der Waals surface area (Å²) in [5.74, 6) is 0.686. The van der Waals surface area contributed by atoms with Gasteiger partial charge in [-0.15, -0.1) is 0 Å². The Kier molecular flexibility index (Phi) is 1.85. The van der Waals surface area contributed by atoms with E-state index in [0.717, 1.165) is 12.0 Å². The molecule has 1 nitrogen and oxygen atoms in total. The predicted molar refractivity (Wildman–Crippen MR) is 44.3 cm³/mol. The molecule has 1 aromatic rings. The molecule has 1 N–H and O–H groups in total. The highest BCUT2D eigenvalue weighted by Crippen LogP contribution is 2.46. The first-order valence-electron chi connectivity index (χ1n) is 4.17. The Morgan fingerprint density at radius 3 is 2.50 bits per heavy atom. The number of hydrogen-bond donors (Lipinski definition) is 1. The third-order valence-corrected chi connectivity index (χ3v) is 2.46. The first-order chi connectivity index (χ1) is 5.81. The third kappa shape index (κ3) is 1.34. The Morgan fingerprint density at radius 2 is 2.00 bits per heavy atom. The molecule has 0 unspecified atom stereocenters. The number of rotatable bonds is 2. The summed E-state index contributed by atoms with van der Waals surface area (Å²) >= 11 is 0. The zero-order chi connectivity index (χ0) is 8.55. The molecule has 1 fully saturated rings. The van der Waals surface area contributed by atoms with Gasteiger partial charge in [-0.25, -0.2) is 4.39 Å². The fraction of sp³-hybridized carbons (Fsp3) is 0.400. The quantitative estimate of drug-likeness (QED) is 0.711. The highest BCUT2D eigenvalue weighted by molar-refractivity contribution is 5.26. The van der Waals surface area contributed by atoms with Gasteiger partial charge in [-0.1, -0.05) is 12.1 Å². The van der Waals surface area contributed by atoms with Crippen LogP contribution in [-0.2, 0) is 0 Å². The normalized spacial score (nSPS) is 27.2. The average Bonchev–Trinajstić information content (AvgIpc) is 2.85. The molecular weight excluding hydrogens is 155 g/mol. The number of aliphatic hydroxyl groups excluding tert-OH is 1. The van der Waals surface area contributed by atoms with Crippen molar-refractivity contribution in [2.75, 3.05) is 6.61 Å². The van der Waals surface area contributed by atoms with E-state index in [1.807, 2.05) is 0 Å². The van der Waals surface area contributed by atoms with Crippen molar-refractivity contribution in [2.45, 2.75) is 12.3 Å². The first kappa shape index (κ1) is 7.74. The molecule has 2 heteroatoms. The Balaban J connectivity index is 2.10. The van der Waals surface area contributed by atoms with E-state index < -0.39 is 0 Å². The number of aliphatic hydroxyl groups is 1. The molecule has 0 heterocycles. The predicted octanol–water partition coefficient (Wildman–Crippen LogP) is 1.92. The van der Waals surface area contributed by atoms with Crippen LogP contribution in [0.1, 0.15) is 17.9 Å². The summed E-state index contributed by atoms with van der Waals surface area (Å²) < 4.78 is 12.5. The van der Waals surface area contributed by atoms with Crippen LogP contribution in [0.4, 0.5) is 4.39 Å². The highest BCUT2D eigenvalue weighted by atomic mass is 19.1. The minimum absolute atomic E-state index is 0.194. The van der Waals surface area contributed by atoms with Crippen LogP contribution in [0.25, 0.3) is 0 Å². The number of hydrogen-bond acceptors (Lipinski definition) is 1. The second-order valence-electron chi connectivity index (χ2n) is 3.34. The highest BCUT2D eigenvalue weighted by Gasteiger charge is 2.37. The summed E-state index contributed by atoms with van der Waals surface area (Å²) in [6, 6.07) is 6.55. The minimum atomic E-state index is -0.194. The van der Waals surface area contributed by atoms with Gasteiger partial charge in [-0.05, 0) is 36.0 Å². The van der Waals surface area contributed by atoms with Crippen molar-refractivity contribution in [3.05, 3.63) is 35.6 Å². The summed E-state index contributed by atoms with van der Waals surface area (Å²) in [5, 5.41) is 8.82. The molecule has 0 saturated heterocycles.